The molecule has 0 spiro atoms. The maximum Gasteiger partial charge on any atom is 0.432 e. The van der Waals surface area contributed by atoms with Crippen molar-refractivity contribution in [3.05, 3.63) is 42.3 Å². The van der Waals surface area contributed by atoms with Gasteiger partial charge in [0, 0.05) is 25.2 Å². The molecule has 0 saturated carbocycles. The molecule has 27 heavy (non-hydrogen) atoms. The van der Waals surface area contributed by atoms with Crippen LogP contribution in [0.25, 0.3) is 5.57 Å². The van der Waals surface area contributed by atoms with Crippen LogP contribution in [0.5, 0.6) is 0 Å². The molecule has 0 aliphatic carbocycles. The maximum atomic E-state index is 13.5. The van der Waals surface area contributed by atoms with Crippen molar-refractivity contribution in [1.82, 2.24) is 4.98 Å². The van der Waals surface area contributed by atoms with Gasteiger partial charge in [-0.25, -0.2) is 13.8 Å². The molecule has 0 radical (unpaired) electrons. The molecule has 1 aliphatic heterocycles. The number of pyridine rings is 1. The maximum absolute atomic E-state index is 13.5. The summed E-state index contributed by atoms with van der Waals surface area (Å²) in [4.78, 5) is 8.98. The Bertz CT molecular complexity index is 750. The summed E-state index contributed by atoms with van der Waals surface area (Å²) in [6, 6.07) is 3.11. The van der Waals surface area contributed by atoms with Gasteiger partial charge in [-0.15, -0.1) is 0 Å². The number of alkyl halides is 5. The van der Waals surface area contributed by atoms with Gasteiger partial charge in [0.15, 0.2) is 0 Å². The van der Waals surface area contributed by atoms with Gasteiger partial charge in [-0.2, -0.15) is 13.2 Å². The molecule has 1 aromatic heterocycles. The molecule has 1 unspecified atom stereocenters. The minimum absolute atomic E-state index is 0.00305. The molecule has 8 heteroatoms. The molecule has 0 aromatic carbocycles. The van der Waals surface area contributed by atoms with E-state index in [4.69, 9.17) is 0 Å². The second kappa shape index (κ2) is 8.19. The number of rotatable bonds is 7. The fraction of sp³-hybridized carbons (Fsp3) is 0.474. The van der Waals surface area contributed by atoms with E-state index in [9.17, 15) is 22.0 Å². The summed E-state index contributed by atoms with van der Waals surface area (Å²) in [5.41, 5.74) is -1.27. The van der Waals surface area contributed by atoms with Crippen LogP contribution >= 0.6 is 0 Å². The summed E-state index contributed by atoms with van der Waals surface area (Å²) in [6.45, 7) is 8.25. The van der Waals surface area contributed by atoms with Gasteiger partial charge < -0.3 is 4.90 Å². The second-order valence-corrected chi connectivity index (χ2v) is 6.75. The van der Waals surface area contributed by atoms with Crippen LogP contribution in [-0.4, -0.2) is 36.5 Å². The average molecular weight is 387 g/mol. The van der Waals surface area contributed by atoms with E-state index in [2.05, 4.69) is 30.4 Å². The minimum Gasteiger partial charge on any atom is -0.363 e. The number of hydrogen-bond acceptors (Lipinski definition) is 3. The fourth-order valence-corrected chi connectivity index (χ4v) is 2.91. The average Bonchev–Trinajstić information content (AvgIpc) is 3.32. The van der Waals surface area contributed by atoms with Crippen molar-refractivity contribution in [2.75, 3.05) is 18.5 Å². The first-order chi connectivity index (χ1) is 12.6. The van der Waals surface area contributed by atoms with Crippen LogP contribution in [0.3, 0.4) is 0 Å². The van der Waals surface area contributed by atoms with Crippen LogP contribution in [0.4, 0.5) is 27.6 Å². The van der Waals surface area contributed by atoms with E-state index in [-0.39, 0.29) is 17.3 Å². The first-order valence-electron chi connectivity index (χ1n) is 8.52. The molecule has 0 bridgehead atoms. The van der Waals surface area contributed by atoms with Gasteiger partial charge >= 0.3 is 6.18 Å². The molecule has 2 rings (SSSR count). The number of halogens is 5. The van der Waals surface area contributed by atoms with Crippen LogP contribution in [0, 0.1) is 5.92 Å². The van der Waals surface area contributed by atoms with Crippen molar-refractivity contribution in [2.45, 2.75) is 38.9 Å². The summed E-state index contributed by atoms with van der Waals surface area (Å²) in [6.07, 6.45) is -4.72. The van der Waals surface area contributed by atoms with Crippen molar-refractivity contribution in [1.29, 1.82) is 0 Å². The monoisotopic (exact) mass is 387 g/mol. The van der Waals surface area contributed by atoms with Gasteiger partial charge in [0.05, 0.1) is 11.4 Å². The largest absolute Gasteiger partial charge is 0.432 e. The van der Waals surface area contributed by atoms with Gasteiger partial charge in [-0.3, -0.25) is 4.99 Å². The molecule has 1 aromatic rings. The SMILES string of the molecule is C=C/C(=C\C(=N/C)C(F)(F)F)c1ccc(N2CC2CC(C)C)c(C(F)F)n1. The van der Waals surface area contributed by atoms with Crippen LogP contribution < -0.4 is 4.90 Å². The smallest absolute Gasteiger partial charge is 0.363 e. The molecule has 1 aliphatic rings. The molecule has 1 saturated heterocycles. The third-order valence-corrected chi connectivity index (χ3v) is 4.22. The summed E-state index contributed by atoms with van der Waals surface area (Å²) in [5.74, 6) is 0.437. The third kappa shape index (κ3) is 5.14. The molecule has 1 atom stereocenters. The van der Waals surface area contributed by atoms with Crippen LogP contribution in [0.1, 0.15) is 38.1 Å². The van der Waals surface area contributed by atoms with E-state index in [1.54, 1.807) is 0 Å². The highest BCUT2D eigenvalue weighted by molar-refractivity contribution is 6.05. The Kier molecular flexibility index (Phi) is 6.38. The van der Waals surface area contributed by atoms with Gasteiger partial charge in [0.1, 0.15) is 11.4 Å². The number of allylic oxidation sites excluding steroid dienone is 3. The van der Waals surface area contributed by atoms with E-state index in [1.807, 2.05) is 4.90 Å². The van der Waals surface area contributed by atoms with Gasteiger partial charge in [0.25, 0.3) is 6.43 Å². The first kappa shape index (κ1) is 21.1. The zero-order valence-electron chi connectivity index (χ0n) is 15.4. The van der Waals surface area contributed by atoms with Crippen molar-refractivity contribution >= 4 is 17.0 Å². The Balaban J connectivity index is 2.39. The van der Waals surface area contributed by atoms with Crippen LogP contribution in [0.15, 0.2) is 35.9 Å². The Morgan fingerprint density at radius 1 is 1.37 bits per heavy atom. The minimum atomic E-state index is -4.65. The van der Waals surface area contributed by atoms with Gasteiger partial charge in [-0.1, -0.05) is 26.5 Å². The quantitative estimate of drug-likeness (QED) is 0.269. The highest BCUT2D eigenvalue weighted by Crippen LogP contribution is 2.38. The van der Waals surface area contributed by atoms with Crippen molar-refractivity contribution in [2.24, 2.45) is 10.9 Å². The summed E-state index contributed by atoms with van der Waals surface area (Å²) in [7, 11) is 1.01. The lowest BCUT2D eigenvalue weighted by Gasteiger charge is -2.14. The van der Waals surface area contributed by atoms with Crippen molar-refractivity contribution in [3.8, 4) is 0 Å². The standard InChI is InChI=1S/C19H22F5N3/c1-5-12(9-16(25-4)19(22,23)24)14-6-7-15(17(26-14)18(20)21)27-10-13(27)8-11(2)3/h5-7,9,11,13,18H,1,8,10H2,2-4H3/b12-9+,25-16+. The number of aliphatic imine (C=N–C) groups is 1. The van der Waals surface area contributed by atoms with E-state index < -0.39 is 24.0 Å². The predicted molar refractivity (Wildman–Crippen MR) is 97.4 cm³/mol. The number of nitrogens with zero attached hydrogens (tertiary/aromatic N) is 3. The molecule has 148 valence electrons. The lowest BCUT2D eigenvalue weighted by atomic mass is 10.1. The van der Waals surface area contributed by atoms with Crippen molar-refractivity contribution in [3.63, 3.8) is 0 Å². The second-order valence-electron chi connectivity index (χ2n) is 6.75. The topological polar surface area (TPSA) is 28.3 Å². The van der Waals surface area contributed by atoms with E-state index in [0.29, 0.717) is 18.2 Å². The van der Waals surface area contributed by atoms with Crippen molar-refractivity contribution < 1.29 is 22.0 Å². The summed E-state index contributed by atoms with van der Waals surface area (Å²) in [5, 5.41) is 0. The van der Waals surface area contributed by atoms with Gasteiger partial charge in [0.2, 0.25) is 0 Å². The lowest BCUT2D eigenvalue weighted by molar-refractivity contribution is -0.0577. The Morgan fingerprint density at radius 2 is 2.04 bits per heavy atom. The Hall–Kier alpha value is -2.25. The Labute approximate surface area is 155 Å². The van der Waals surface area contributed by atoms with Crippen LogP contribution in [-0.2, 0) is 0 Å². The fourth-order valence-electron chi connectivity index (χ4n) is 2.91. The van der Waals surface area contributed by atoms with E-state index in [1.165, 1.54) is 12.1 Å². The normalized spacial score (nSPS) is 18.4. The lowest BCUT2D eigenvalue weighted by Crippen LogP contribution is -2.21. The molecular weight excluding hydrogens is 365 g/mol. The highest BCUT2D eigenvalue weighted by Gasteiger charge is 2.38. The zero-order valence-corrected chi connectivity index (χ0v) is 15.4. The number of aromatic nitrogens is 1. The van der Waals surface area contributed by atoms with E-state index in [0.717, 1.165) is 25.6 Å². The van der Waals surface area contributed by atoms with Crippen LogP contribution in [0.2, 0.25) is 0 Å². The molecule has 2 heterocycles. The number of anilines is 1. The predicted octanol–water partition coefficient (Wildman–Crippen LogP) is 5.46. The highest BCUT2D eigenvalue weighted by atomic mass is 19.4. The molecule has 0 N–H and O–H groups in total. The third-order valence-electron chi connectivity index (χ3n) is 4.22. The Morgan fingerprint density at radius 3 is 2.52 bits per heavy atom. The van der Waals surface area contributed by atoms with E-state index >= 15 is 0 Å². The summed E-state index contributed by atoms with van der Waals surface area (Å²) >= 11 is 0. The molecule has 3 nitrogen and oxygen atoms in total. The zero-order chi connectivity index (χ0) is 20.4. The molecule has 1 fully saturated rings. The molecule has 0 amide bonds. The number of hydrogen-bond donors (Lipinski definition) is 0. The molecular formula is C19H22F5N3. The summed E-state index contributed by atoms with van der Waals surface area (Å²) < 4.78 is 65.8. The van der Waals surface area contributed by atoms with Gasteiger partial charge in [-0.05, 0) is 30.5 Å². The first-order valence-corrected chi connectivity index (χ1v) is 8.52.